The second-order valence-electron chi connectivity index (χ2n) is 5.27. The third-order valence-electron chi connectivity index (χ3n) is 3.39. The van der Waals surface area contributed by atoms with Crippen molar-refractivity contribution < 1.29 is 4.74 Å². The van der Waals surface area contributed by atoms with Crippen molar-refractivity contribution in [2.24, 2.45) is 5.73 Å². The third-order valence-corrected chi connectivity index (χ3v) is 3.39. The SMILES string of the molecule is CCCOc1cccc(-c2cc(C(C)N)c(=O)n(CC)n2)c1. The first-order valence-corrected chi connectivity index (χ1v) is 7.67. The van der Waals surface area contributed by atoms with Gasteiger partial charge in [0.15, 0.2) is 0 Å². The average Bonchev–Trinajstić information content (AvgIpc) is 2.53. The van der Waals surface area contributed by atoms with Crippen LogP contribution in [0.15, 0.2) is 35.1 Å². The van der Waals surface area contributed by atoms with E-state index in [-0.39, 0.29) is 11.6 Å². The summed E-state index contributed by atoms with van der Waals surface area (Å²) < 4.78 is 7.11. The standard InChI is InChI=1S/C17H23N3O2/c1-4-9-22-14-8-6-7-13(10-14)16-11-15(12(3)18)17(21)20(5-2)19-16/h6-8,10-12H,4-5,9,18H2,1-3H3. The number of benzene rings is 1. The first kappa shape index (κ1) is 16.2. The maximum absolute atomic E-state index is 12.2. The first-order valence-electron chi connectivity index (χ1n) is 7.67. The quantitative estimate of drug-likeness (QED) is 0.890. The molecular formula is C17H23N3O2. The highest BCUT2D eigenvalue weighted by atomic mass is 16.5. The molecule has 1 atom stereocenters. The van der Waals surface area contributed by atoms with Crippen molar-refractivity contribution in [2.75, 3.05) is 6.61 Å². The number of rotatable bonds is 6. The van der Waals surface area contributed by atoms with Gasteiger partial charge in [0.2, 0.25) is 0 Å². The van der Waals surface area contributed by atoms with Gasteiger partial charge in [0.1, 0.15) is 5.75 Å². The molecule has 0 bridgehead atoms. The molecule has 0 saturated carbocycles. The van der Waals surface area contributed by atoms with Gasteiger partial charge in [0, 0.05) is 23.7 Å². The molecule has 118 valence electrons. The van der Waals surface area contributed by atoms with Crippen LogP contribution >= 0.6 is 0 Å². The number of nitrogens with two attached hydrogens (primary N) is 1. The minimum Gasteiger partial charge on any atom is -0.494 e. The van der Waals surface area contributed by atoms with E-state index in [1.807, 2.05) is 31.2 Å². The molecular weight excluding hydrogens is 278 g/mol. The predicted molar refractivity (Wildman–Crippen MR) is 88.0 cm³/mol. The van der Waals surface area contributed by atoms with Crippen molar-refractivity contribution in [1.82, 2.24) is 9.78 Å². The van der Waals surface area contributed by atoms with Gasteiger partial charge >= 0.3 is 0 Å². The van der Waals surface area contributed by atoms with Crippen LogP contribution in [0.1, 0.15) is 38.8 Å². The topological polar surface area (TPSA) is 70.1 Å². The van der Waals surface area contributed by atoms with Crippen molar-refractivity contribution >= 4 is 0 Å². The van der Waals surface area contributed by atoms with Gasteiger partial charge in [0.05, 0.1) is 12.3 Å². The van der Waals surface area contributed by atoms with E-state index in [1.165, 1.54) is 4.68 Å². The Balaban J connectivity index is 2.48. The zero-order chi connectivity index (χ0) is 16.1. The molecule has 2 N–H and O–H groups in total. The fourth-order valence-electron chi connectivity index (χ4n) is 2.21. The maximum Gasteiger partial charge on any atom is 0.271 e. The van der Waals surface area contributed by atoms with Crippen molar-refractivity contribution in [1.29, 1.82) is 0 Å². The molecule has 0 aliphatic rings. The molecule has 0 spiro atoms. The first-order chi connectivity index (χ1) is 10.6. The summed E-state index contributed by atoms with van der Waals surface area (Å²) >= 11 is 0. The van der Waals surface area contributed by atoms with Crippen molar-refractivity contribution in [3.63, 3.8) is 0 Å². The minimum absolute atomic E-state index is 0.125. The van der Waals surface area contributed by atoms with Crippen LogP contribution in [-0.4, -0.2) is 16.4 Å². The van der Waals surface area contributed by atoms with Gasteiger partial charge < -0.3 is 10.5 Å². The lowest BCUT2D eigenvalue weighted by Crippen LogP contribution is -2.29. The number of hydrogen-bond acceptors (Lipinski definition) is 4. The Kier molecular flexibility index (Phi) is 5.33. The molecule has 0 radical (unpaired) electrons. The van der Waals surface area contributed by atoms with E-state index in [1.54, 1.807) is 13.0 Å². The molecule has 0 amide bonds. The Morgan fingerprint density at radius 1 is 1.32 bits per heavy atom. The van der Waals surface area contributed by atoms with E-state index in [0.29, 0.717) is 18.7 Å². The lowest BCUT2D eigenvalue weighted by molar-refractivity contribution is 0.317. The summed E-state index contributed by atoms with van der Waals surface area (Å²) in [6.07, 6.45) is 0.956. The molecule has 22 heavy (non-hydrogen) atoms. The van der Waals surface area contributed by atoms with E-state index in [2.05, 4.69) is 12.0 Å². The highest BCUT2D eigenvalue weighted by Gasteiger charge is 2.12. The molecule has 1 aromatic heterocycles. The lowest BCUT2D eigenvalue weighted by atomic mass is 10.1. The van der Waals surface area contributed by atoms with Crippen LogP contribution in [0, 0.1) is 0 Å². The van der Waals surface area contributed by atoms with Crippen molar-refractivity contribution in [2.45, 2.75) is 39.8 Å². The van der Waals surface area contributed by atoms with Gasteiger partial charge in [-0.2, -0.15) is 5.10 Å². The number of nitrogens with zero attached hydrogens (tertiary/aromatic N) is 2. The zero-order valence-electron chi connectivity index (χ0n) is 13.4. The Hall–Kier alpha value is -2.14. The summed E-state index contributed by atoms with van der Waals surface area (Å²) in [4.78, 5) is 12.2. The molecule has 0 aliphatic carbocycles. The molecule has 5 nitrogen and oxygen atoms in total. The van der Waals surface area contributed by atoms with Crippen LogP contribution < -0.4 is 16.0 Å². The molecule has 0 aliphatic heterocycles. The minimum atomic E-state index is -0.327. The van der Waals surface area contributed by atoms with Crippen LogP contribution in [0.2, 0.25) is 0 Å². The largest absolute Gasteiger partial charge is 0.494 e. The molecule has 2 rings (SSSR count). The molecule has 0 fully saturated rings. The lowest BCUT2D eigenvalue weighted by Gasteiger charge is -2.12. The van der Waals surface area contributed by atoms with Gasteiger partial charge in [-0.1, -0.05) is 19.1 Å². The van der Waals surface area contributed by atoms with Crippen LogP contribution in [-0.2, 0) is 6.54 Å². The number of aryl methyl sites for hydroxylation is 1. The van der Waals surface area contributed by atoms with E-state index in [9.17, 15) is 4.79 Å². The van der Waals surface area contributed by atoms with Crippen LogP contribution in [0.3, 0.4) is 0 Å². The monoisotopic (exact) mass is 301 g/mol. The number of aromatic nitrogens is 2. The summed E-state index contributed by atoms with van der Waals surface area (Å²) in [6.45, 7) is 6.96. The Morgan fingerprint density at radius 2 is 2.09 bits per heavy atom. The normalized spacial score (nSPS) is 12.2. The molecule has 1 unspecified atom stereocenters. The molecule has 5 heteroatoms. The Labute approximate surface area is 130 Å². The predicted octanol–water partition coefficient (Wildman–Crippen LogP) is 2.74. The zero-order valence-corrected chi connectivity index (χ0v) is 13.4. The number of ether oxygens (including phenoxy) is 1. The summed E-state index contributed by atoms with van der Waals surface area (Å²) in [5, 5.41) is 4.42. The molecule has 1 aromatic carbocycles. The van der Waals surface area contributed by atoms with E-state index in [0.717, 1.165) is 23.4 Å². The van der Waals surface area contributed by atoms with Crippen LogP contribution in [0.4, 0.5) is 0 Å². The van der Waals surface area contributed by atoms with Gasteiger partial charge in [-0.25, -0.2) is 4.68 Å². The van der Waals surface area contributed by atoms with Crippen molar-refractivity contribution in [3.8, 4) is 17.0 Å². The van der Waals surface area contributed by atoms with Gasteiger partial charge in [-0.3, -0.25) is 4.79 Å². The van der Waals surface area contributed by atoms with Gasteiger partial charge in [-0.05, 0) is 38.5 Å². The van der Waals surface area contributed by atoms with Gasteiger partial charge in [-0.15, -0.1) is 0 Å². The second-order valence-corrected chi connectivity index (χ2v) is 5.27. The van der Waals surface area contributed by atoms with E-state index >= 15 is 0 Å². The van der Waals surface area contributed by atoms with Gasteiger partial charge in [0.25, 0.3) is 5.56 Å². The maximum atomic E-state index is 12.2. The summed E-state index contributed by atoms with van der Waals surface area (Å²) in [5.41, 5.74) is 8.01. The summed E-state index contributed by atoms with van der Waals surface area (Å²) in [6, 6.07) is 9.19. The molecule has 1 heterocycles. The fraction of sp³-hybridized carbons (Fsp3) is 0.412. The average molecular weight is 301 g/mol. The smallest absolute Gasteiger partial charge is 0.271 e. The molecule has 2 aromatic rings. The van der Waals surface area contributed by atoms with Crippen LogP contribution in [0.25, 0.3) is 11.3 Å². The van der Waals surface area contributed by atoms with Crippen LogP contribution in [0.5, 0.6) is 5.75 Å². The Morgan fingerprint density at radius 3 is 2.73 bits per heavy atom. The highest BCUT2D eigenvalue weighted by Crippen LogP contribution is 2.23. The highest BCUT2D eigenvalue weighted by molar-refractivity contribution is 5.61. The fourth-order valence-corrected chi connectivity index (χ4v) is 2.21. The third kappa shape index (κ3) is 3.54. The summed E-state index contributed by atoms with van der Waals surface area (Å²) in [5.74, 6) is 0.803. The molecule has 0 saturated heterocycles. The Bertz CT molecular complexity index is 693. The number of hydrogen-bond donors (Lipinski definition) is 1. The summed E-state index contributed by atoms with van der Waals surface area (Å²) in [7, 11) is 0. The van der Waals surface area contributed by atoms with E-state index in [4.69, 9.17) is 10.5 Å². The second kappa shape index (κ2) is 7.22. The van der Waals surface area contributed by atoms with Crippen molar-refractivity contribution in [3.05, 3.63) is 46.2 Å². The van der Waals surface area contributed by atoms with E-state index < -0.39 is 0 Å².